The Labute approximate surface area is 170 Å². The van der Waals surface area contributed by atoms with Crippen molar-refractivity contribution in [2.75, 3.05) is 73.4 Å². The van der Waals surface area contributed by atoms with Gasteiger partial charge in [0.25, 0.3) is 0 Å². The van der Waals surface area contributed by atoms with Crippen LogP contribution in [0.4, 0.5) is 0 Å². The lowest BCUT2D eigenvalue weighted by Gasteiger charge is -2.41. The van der Waals surface area contributed by atoms with Gasteiger partial charge in [0.2, 0.25) is 0 Å². The smallest absolute Gasteiger partial charge is 0.191 e. The van der Waals surface area contributed by atoms with Crippen LogP contribution in [-0.2, 0) is 14.2 Å². The van der Waals surface area contributed by atoms with E-state index in [1.54, 1.807) is 7.11 Å². The Morgan fingerprint density at radius 3 is 2.48 bits per heavy atom. The molecule has 0 aromatic carbocycles. The van der Waals surface area contributed by atoms with Crippen LogP contribution in [0.15, 0.2) is 4.99 Å². The number of guanidine groups is 1. The first-order valence-corrected chi connectivity index (χ1v) is 8.94. The third-order valence-corrected chi connectivity index (χ3v) is 4.22. The van der Waals surface area contributed by atoms with Crippen LogP contribution in [0.5, 0.6) is 0 Å². The van der Waals surface area contributed by atoms with Crippen molar-refractivity contribution in [3.05, 3.63) is 0 Å². The van der Waals surface area contributed by atoms with Gasteiger partial charge in [-0.2, -0.15) is 0 Å². The van der Waals surface area contributed by atoms with Gasteiger partial charge in [0.15, 0.2) is 5.96 Å². The number of methoxy groups -OCH3 is 1. The summed E-state index contributed by atoms with van der Waals surface area (Å²) in [5, 5.41) is 6.80. The molecular weight excluding hydrogens is 435 g/mol. The van der Waals surface area contributed by atoms with Gasteiger partial charge in [0.1, 0.15) is 0 Å². The van der Waals surface area contributed by atoms with Crippen molar-refractivity contribution in [1.29, 1.82) is 0 Å². The number of unbranched alkanes of at least 4 members (excludes halogenated alkanes) is 1. The number of morpholine rings is 1. The molecule has 0 amide bonds. The fourth-order valence-corrected chi connectivity index (χ4v) is 2.58. The summed E-state index contributed by atoms with van der Waals surface area (Å²) in [6, 6.07) is 0. The number of hydrogen-bond donors (Lipinski definition) is 2. The molecule has 0 atom stereocenters. The van der Waals surface area contributed by atoms with E-state index < -0.39 is 0 Å². The number of rotatable bonds is 11. The molecular formula is C17H37IN4O3. The van der Waals surface area contributed by atoms with Crippen LogP contribution in [0, 0.1) is 0 Å². The van der Waals surface area contributed by atoms with E-state index in [9.17, 15) is 0 Å². The molecule has 0 aromatic rings. The topological polar surface area (TPSA) is 67.4 Å². The lowest BCUT2D eigenvalue weighted by molar-refractivity contribution is -0.00834. The Kier molecular flexibility index (Phi) is 14.9. The maximum Gasteiger partial charge on any atom is 0.191 e. The fourth-order valence-electron chi connectivity index (χ4n) is 2.58. The number of ether oxygens (including phenoxy) is 3. The molecule has 0 aromatic heterocycles. The van der Waals surface area contributed by atoms with E-state index in [2.05, 4.69) is 34.4 Å². The zero-order chi connectivity index (χ0) is 17.7. The van der Waals surface area contributed by atoms with E-state index in [1.165, 1.54) is 0 Å². The summed E-state index contributed by atoms with van der Waals surface area (Å²) in [7, 11) is 3.50. The number of hydrogen-bond acceptors (Lipinski definition) is 5. The van der Waals surface area contributed by atoms with Gasteiger partial charge in [0, 0.05) is 52.5 Å². The second kappa shape index (κ2) is 15.0. The maximum atomic E-state index is 5.45. The molecule has 1 rings (SSSR count). The Bertz CT molecular complexity index is 351. The molecule has 0 unspecified atom stereocenters. The summed E-state index contributed by atoms with van der Waals surface area (Å²) in [4.78, 5) is 6.76. The van der Waals surface area contributed by atoms with E-state index in [1.807, 2.05) is 7.05 Å². The second-order valence-corrected chi connectivity index (χ2v) is 6.58. The van der Waals surface area contributed by atoms with Crippen molar-refractivity contribution in [2.45, 2.75) is 32.2 Å². The third kappa shape index (κ3) is 11.2. The van der Waals surface area contributed by atoms with Gasteiger partial charge >= 0.3 is 0 Å². The predicted octanol–water partition coefficient (Wildman–Crippen LogP) is 1.32. The average molecular weight is 472 g/mol. The largest absolute Gasteiger partial charge is 0.382 e. The molecule has 8 heteroatoms. The molecule has 1 fully saturated rings. The Morgan fingerprint density at radius 1 is 1.12 bits per heavy atom. The van der Waals surface area contributed by atoms with Crippen LogP contribution >= 0.6 is 24.0 Å². The van der Waals surface area contributed by atoms with Gasteiger partial charge in [-0.3, -0.25) is 9.89 Å². The maximum absolute atomic E-state index is 5.45. The molecule has 150 valence electrons. The minimum atomic E-state index is 0. The highest BCUT2D eigenvalue weighted by molar-refractivity contribution is 14.0. The molecule has 1 aliphatic rings. The van der Waals surface area contributed by atoms with Gasteiger partial charge in [-0.05, 0) is 26.7 Å². The molecule has 0 spiro atoms. The van der Waals surface area contributed by atoms with Crippen molar-refractivity contribution in [3.63, 3.8) is 0 Å². The summed E-state index contributed by atoms with van der Waals surface area (Å²) in [5.74, 6) is 0.858. The summed E-state index contributed by atoms with van der Waals surface area (Å²) in [6.45, 7) is 12.0. The molecule has 0 saturated carbocycles. The molecule has 2 N–H and O–H groups in total. The van der Waals surface area contributed by atoms with Crippen molar-refractivity contribution >= 4 is 29.9 Å². The number of nitrogens with zero attached hydrogens (tertiary/aromatic N) is 2. The Balaban J connectivity index is 0.00000576. The van der Waals surface area contributed by atoms with Gasteiger partial charge in [0.05, 0.1) is 26.4 Å². The quantitative estimate of drug-likeness (QED) is 0.205. The van der Waals surface area contributed by atoms with E-state index in [-0.39, 0.29) is 29.5 Å². The molecule has 1 aliphatic heterocycles. The fraction of sp³-hybridized carbons (Fsp3) is 0.941. The van der Waals surface area contributed by atoms with Crippen molar-refractivity contribution < 1.29 is 14.2 Å². The highest BCUT2D eigenvalue weighted by Gasteiger charge is 2.28. The molecule has 0 aliphatic carbocycles. The van der Waals surface area contributed by atoms with Crippen LogP contribution in [0.3, 0.4) is 0 Å². The van der Waals surface area contributed by atoms with Crippen LogP contribution < -0.4 is 10.6 Å². The molecule has 0 radical (unpaired) electrons. The van der Waals surface area contributed by atoms with Crippen LogP contribution in [0.2, 0.25) is 0 Å². The Hall–Kier alpha value is -0.160. The summed E-state index contributed by atoms with van der Waals surface area (Å²) in [6.07, 6.45) is 2.09. The predicted molar refractivity (Wildman–Crippen MR) is 113 cm³/mol. The van der Waals surface area contributed by atoms with E-state index in [0.29, 0.717) is 13.2 Å². The highest BCUT2D eigenvalue weighted by atomic mass is 127. The summed E-state index contributed by atoms with van der Waals surface area (Å²) in [5.41, 5.74) is 0.0799. The summed E-state index contributed by atoms with van der Waals surface area (Å²) < 4.78 is 15.8. The lowest BCUT2D eigenvalue weighted by atomic mass is 10.0. The highest BCUT2D eigenvalue weighted by Crippen LogP contribution is 2.14. The van der Waals surface area contributed by atoms with E-state index in [0.717, 1.165) is 64.8 Å². The second-order valence-electron chi connectivity index (χ2n) is 6.58. The van der Waals surface area contributed by atoms with Gasteiger partial charge in [-0.15, -0.1) is 24.0 Å². The zero-order valence-electron chi connectivity index (χ0n) is 16.3. The monoisotopic (exact) mass is 472 g/mol. The molecule has 1 heterocycles. The molecule has 1 saturated heterocycles. The van der Waals surface area contributed by atoms with E-state index >= 15 is 0 Å². The number of aliphatic imine (C=N–C) groups is 1. The van der Waals surface area contributed by atoms with Gasteiger partial charge < -0.3 is 24.8 Å². The van der Waals surface area contributed by atoms with Crippen LogP contribution in [0.25, 0.3) is 0 Å². The molecule has 0 bridgehead atoms. The number of halogens is 1. The van der Waals surface area contributed by atoms with Crippen LogP contribution in [0.1, 0.15) is 26.7 Å². The van der Waals surface area contributed by atoms with Crippen molar-refractivity contribution in [3.8, 4) is 0 Å². The SMILES string of the molecule is CN=C(NCCCCOCCOC)NCC(C)(C)N1CCOCC1.I. The van der Waals surface area contributed by atoms with E-state index in [4.69, 9.17) is 14.2 Å². The number of nitrogens with one attached hydrogen (secondary N) is 2. The van der Waals surface area contributed by atoms with Crippen molar-refractivity contribution in [1.82, 2.24) is 15.5 Å². The van der Waals surface area contributed by atoms with Gasteiger partial charge in [-0.25, -0.2) is 0 Å². The van der Waals surface area contributed by atoms with Crippen LogP contribution in [-0.4, -0.2) is 89.8 Å². The average Bonchev–Trinajstić information content (AvgIpc) is 2.60. The zero-order valence-corrected chi connectivity index (χ0v) is 18.6. The first-order valence-electron chi connectivity index (χ1n) is 8.94. The molecule has 7 nitrogen and oxygen atoms in total. The summed E-state index contributed by atoms with van der Waals surface area (Å²) >= 11 is 0. The third-order valence-electron chi connectivity index (χ3n) is 4.22. The minimum absolute atomic E-state index is 0. The van der Waals surface area contributed by atoms with Crippen molar-refractivity contribution in [2.24, 2.45) is 4.99 Å². The first-order chi connectivity index (χ1) is 11.6. The normalized spacial score (nSPS) is 16.4. The van der Waals surface area contributed by atoms with Gasteiger partial charge in [-0.1, -0.05) is 0 Å². The standard InChI is InChI=1S/C17H36N4O3.HI/c1-17(2,21-8-11-24-12-9-21)15-20-16(18-3)19-7-5-6-10-23-14-13-22-4;/h5-15H2,1-4H3,(H2,18,19,20);1H. The molecule has 25 heavy (non-hydrogen) atoms. The Morgan fingerprint density at radius 2 is 1.84 bits per heavy atom. The lowest BCUT2D eigenvalue weighted by Crippen LogP contribution is -2.56. The first kappa shape index (κ1) is 24.8. The minimum Gasteiger partial charge on any atom is -0.382 e.